The van der Waals surface area contributed by atoms with Gasteiger partial charge >= 0.3 is 5.97 Å². The molecule has 0 aliphatic rings. The lowest BCUT2D eigenvalue weighted by molar-refractivity contribution is -0.140. The summed E-state index contributed by atoms with van der Waals surface area (Å²) in [6.45, 7) is 1.52. The predicted molar refractivity (Wildman–Crippen MR) is 70.9 cm³/mol. The Morgan fingerprint density at radius 3 is 2.68 bits per heavy atom. The van der Waals surface area contributed by atoms with Crippen molar-refractivity contribution in [2.75, 3.05) is 20.0 Å². The second kappa shape index (κ2) is 7.08. The van der Waals surface area contributed by atoms with E-state index in [-0.39, 0.29) is 11.5 Å². The van der Waals surface area contributed by atoms with Crippen molar-refractivity contribution >= 4 is 16.8 Å². The Balaban J connectivity index is 2.82. The third kappa shape index (κ3) is 4.20. The normalized spacial score (nSPS) is 13.6. The molecule has 1 aromatic heterocycles. The van der Waals surface area contributed by atoms with Gasteiger partial charge in [-0.1, -0.05) is 6.92 Å². The van der Waals surface area contributed by atoms with E-state index in [9.17, 15) is 9.00 Å². The van der Waals surface area contributed by atoms with Crippen molar-refractivity contribution in [3.8, 4) is 11.5 Å². The molecule has 2 atom stereocenters. The zero-order valence-corrected chi connectivity index (χ0v) is 11.9. The fourth-order valence-corrected chi connectivity index (χ4v) is 2.84. The zero-order chi connectivity index (χ0) is 14.4. The first-order valence-electron chi connectivity index (χ1n) is 5.63. The number of rotatable bonds is 7. The van der Waals surface area contributed by atoms with Gasteiger partial charge in [0.2, 0.25) is 0 Å². The molecular formula is C12H17NO5S. The first kappa shape index (κ1) is 15.4. The van der Waals surface area contributed by atoms with E-state index < -0.39 is 22.7 Å². The quantitative estimate of drug-likeness (QED) is 0.807. The minimum absolute atomic E-state index is 0.0807. The van der Waals surface area contributed by atoms with E-state index in [0.29, 0.717) is 17.2 Å². The maximum atomic E-state index is 11.9. The van der Waals surface area contributed by atoms with Crippen LogP contribution in [0.25, 0.3) is 0 Å². The molecule has 1 aromatic rings. The van der Waals surface area contributed by atoms with E-state index in [4.69, 9.17) is 14.6 Å². The van der Waals surface area contributed by atoms with E-state index in [2.05, 4.69) is 4.98 Å². The highest BCUT2D eigenvalue weighted by Gasteiger charge is 2.18. The van der Waals surface area contributed by atoms with E-state index >= 15 is 0 Å². The molecule has 1 rings (SSSR count). The minimum atomic E-state index is -1.32. The summed E-state index contributed by atoms with van der Waals surface area (Å²) >= 11 is 0. The molecule has 0 aliphatic carbocycles. The second-order valence-electron chi connectivity index (χ2n) is 3.98. The highest BCUT2D eigenvalue weighted by molar-refractivity contribution is 7.84. The molecule has 7 heteroatoms. The summed E-state index contributed by atoms with van der Waals surface area (Å²) in [7, 11) is 1.66. The van der Waals surface area contributed by atoms with Gasteiger partial charge in [-0.15, -0.1) is 0 Å². The Hall–Kier alpha value is -1.63. The van der Waals surface area contributed by atoms with Crippen LogP contribution in [-0.4, -0.2) is 40.2 Å². The number of carboxylic acid groups (broad SMARTS) is 1. The van der Waals surface area contributed by atoms with Crippen molar-refractivity contribution < 1.29 is 23.6 Å². The molecule has 19 heavy (non-hydrogen) atoms. The number of carbonyl (C=O) groups is 1. The Kier molecular flexibility index (Phi) is 5.75. The number of hydrogen-bond donors (Lipinski definition) is 1. The highest BCUT2D eigenvalue weighted by atomic mass is 32.2. The molecule has 0 saturated heterocycles. The predicted octanol–water partition coefficient (Wildman–Crippen LogP) is 1.07. The zero-order valence-electron chi connectivity index (χ0n) is 11.1. The number of ether oxygens (including phenoxy) is 2. The number of pyridine rings is 1. The first-order valence-corrected chi connectivity index (χ1v) is 7.12. The summed E-state index contributed by atoms with van der Waals surface area (Å²) in [4.78, 5) is 14.8. The maximum absolute atomic E-state index is 11.9. The third-order valence-corrected chi connectivity index (χ3v) is 3.99. The summed E-state index contributed by atoms with van der Waals surface area (Å²) in [6.07, 6.45) is 1.54. The molecule has 2 unspecified atom stereocenters. The Labute approximate surface area is 114 Å². The van der Waals surface area contributed by atoms with Crippen molar-refractivity contribution in [2.24, 2.45) is 5.92 Å². The Morgan fingerprint density at radius 2 is 2.16 bits per heavy atom. The van der Waals surface area contributed by atoms with Gasteiger partial charge in [-0.25, -0.2) is 0 Å². The molecule has 106 valence electrons. The first-order chi connectivity index (χ1) is 8.99. The summed E-state index contributed by atoms with van der Waals surface area (Å²) in [6, 6.07) is 1.64. The lowest BCUT2D eigenvalue weighted by atomic mass is 10.2. The van der Waals surface area contributed by atoms with Crippen LogP contribution < -0.4 is 9.47 Å². The van der Waals surface area contributed by atoms with Gasteiger partial charge in [0.05, 0.1) is 31.6 Å². The van der Waals surface area contributed by atoms with Crippen molar-refractivity contribution in [3.63, 3.8) is 0 Å². The van der Waals surface area contributed by atoms with Crippen LogP contribution in [-0.2, 0) is 21.3 Å². The van der Waals surface area contributed by atoms with E-state index in [0.717, 1.165) is 0 Å². The van der Waals surface area contributed by atoms with Crippen LogP contribution in [0.1, 0.15) is 12.6 Å². The fourth-order valence-electron chi connectivity index (χ4n) is 1.51. The molecule has 1 N–H and O–H groups in total. The Bertz CT molecular complexity index is 477. The molecule has 0 spiro atoms. The molecular weight excluding hydrogens is 270 g/mol. The number of carboxylic acids is 1. The highest BCUT2D eigenvalue weighted by Crippen LogP contribution is 2.29. The third-order valence-electron chi connectivity index (χ3n) is 2.52. The van der Waals surface area contributed by atoms with Crippen molar-refractivity contribution in [1.29, 1.82) is 0 Å². The average molecular weight is 287 g/mol. The summed E-state index contributed by atoms with van der Waals surface area (Å²) in [5.74, 6) is -0.455. The topological polar surface area (TPSA) is 85.7 Å². The van der Waals surface area contributed by atoms with Gasteiger partial charge in [0, 0.05) is 28.8 Å². The van der Waals surface area contributed by atoms with E-state index in [1.54, 1.807) is 6.07 Å². The average Bonchev–Trinajstić information content (AvgIpc) is 2.37. The lowest BCUT2D eigenvalue weighted by Gasteiger charge is -2.12. The number of aliphatic carboxylic acids is 1. The van der Waals surface area contributed by atoms with Gasteiger partial charge in [0.1, 0.15) is 0 Å². The summed E-state index contributed by atoms with van der Waals surface area (Å²) < 4.78 is 22.2. The van der Waals surface area contributed by atoms with Crippen LogP contribution in [0.3, 0.4) is 0 Å². The van der Waals surface area contributed by atoms with Gasteiger partial charge in [-0.2, -0.15) is 0 Å². The summed E-state index contributed by atoms with van der Waals surface area (Å²) in [5, 5.41) is 8.79. The van der Waals surface area contributed by atoms with Gasteiger partial charge in [-0.05, 0) is 0 Å². The van der Waals surface area contributed by atoms with Crippen LogP contribution in [0.4, 0.5) is 0 Å². The monoisotopic (exact) mass is 287 g/mol. The van der Waals surface area contributed by atoms with Gasteiger partial charge < -0.3 is 14.6 Å². The number of nitrogens with zero attached hydrogens (tertiary/aromatic N) is 1. The van der Waals surface area contributed by atoms with Crippen LogP contribution in [0.5, 0.6) is 11.5 Å². The number of hydrogen-bond acceptors (Lipinski definition) is 5. The van der Waals surface area contributed by atoms with E-state index in [1.807, 2.05) is 0 Å². The van der Waals surface area contributed by atoms with Crippen molar-refractivity contribution in [3.05, 3.63) is 18.0 Å². The molecule has 1 heterocycles. The van der Waals surface area contributed by atoms with Gasteiger partial charge in [0.15, 0.2) is 11.5 Å². The minimum Gasteiger partial charge on any atom is -0.493 e. The van der Waals surface area contributed by atoms with Crippen LogP contribution in [0, 0.1) is 5.92 Å². The van der Waals surface area contributed by atoms with Crippen molar-refractivity contribution in [2.45, 2.75) is 12.7 Å². The molecule has 0 aromatic carbocycles. The van der Waals surface area contributed by atoms with Crippen LogP contribution in [0.2, 0.25) is 0 Å². The largest absolute Gasteiger partial charge is 0.493 e. The van der Waals surface area contributed by atoms with Crippen molar-refractivity contribution in [1.82, 2.24) is 4.98 Å². The van der Waals surface area contributed by atoms with E-state index in [1.165, 1.54) is 27.3 Å². The van der Waals surface area contributed by atoms with Crippen LogP contribution >= 0.6 is 0 Å². The molecule has 0 saturated carbocycles. The molecule has 0 aliphatic heterocycles. The molecule has 0 fully saturated rings. The summed E-state index contributed by atoms with van der Waals surface area (Å²) in [5.41, 5.74) is 0.498. The standard InChI is InChI=1S/C12H17NO5S/c1-8(12(14)15)6-19(16)7-9-11(18-3)10(17-2)4-5-13-9/h4-5,8H,6-7H2,1-3H3,(H,14,15). The lowest BCUT2D eigenvalue weighted by Crippen LogP contribution is -2.18. The molecule has 6 nitrogen and oxygen atoms in total. The maximum Gasteiger partial charge on any atom is 0.307 e. The second-order valence-corrected chi connectivity index (χ2v) is 5.48. The van der Waals surface area contributed by atoms with Gasteiger partial charge in [-0.3, -0.25) is 14.0 Å². The molecule has 0 bridgehead atoms. The molecule has 0 amide bonds. The SMILES string of the molecule is COc1ccnc(CS(=O)CC(C)C(=O)O)c1OC. The smallest absolute Gasteiger partial charge is 0.307 e. The van der Waals surface area contributed by atoms with Crippen LogP contribution in [0.15, 0.2) is 12.3 Å². The van der Waals surface area contributed by atoms with Gasteiger partial charge in [0.25, 0.3) is 0 Å². The Morgan fingerprint density at radius 1 is 1.47 bits per heavy atom. The number of methoxy groups -OCH3 is 2. The number of aromatic nitrogens is 1. The molecule has 0 radical (unpaired) electrons. The fraction of sp³-hybridized carbons (Fsp3) is 0.500.